The lowest BCUT2D eigenvalue weighted by molar-refractivity contribution is 0.106. The van der Waals surface area contributed by atoms with E-state index in [1.54, 1.807) is 12.3 Å². The van der Waals surface area contributed by atoms with Crippen LogP contribution in [0.5, 0.6) is 0 Å². The van der Waals surface area contributed by atoms with Crippen molar-refractivity contribution in [2.45, 2.75) is 37.8 Å². The van der Waals surface area contributed by atoms with Crippen LogP contribution >= 0.6 is 0 Å². The van der Waals surface area contributed by atoms with Crippen molar-refractivity contribution >= 4 is 5.69 Å². The van der Waals surface area contributed by atoms with Gasteiger partial charge >= 0.3 is 0 Å². The van der Waals surface area contributed by atoms with Crippen LogP contribution in [0.4, 0.5) is 5.69 Å². The van der Waals surface area contributed by atoms with Crippen LogP contribution in [0.3, 0.4) is 0 Å². The SMILES string of the molecule is CN(c1ccnc(C#N)c1)C1CCCCC1O. The molecule has 2 unspecified atom stereocenters. The van der Waals surface area contributed by atoms with Gasteiger partial charge in [-0.05, 0) is 25.0 Å². The summed E-state index contributed by atoms with van der Waals surface area (Å²) in [5.74, 6) is 0. The van der Waals surface area contributed by atoms with E-state index in [0.717, 1.165) is 31.4 Å². The van der Waals surface area contributed by atoms with Gasteiger partial charge in [-0.3, -0.25) is 0 Å². The predicted molar refractivity (Wildman–Crippen MR) is 65.6 cm³/mol. The summed E-state index contributed by atoms with van der Waals surface area (Å²) in [6.07, 6.45) is 5.49. The van der Waals surface area contributed by atoms with Crippen LogP contribution in [0, 0.1) is 11.3 Å². The smallest absolute Gasteiger partial charge is 0.142 e. The molecule has 0 radical (unpaired) electrons. The molecular formula is C13H17N3O. The number of nitrogens with zero attached hydrogens (tertiary/aromatic N) is 3. The molecule has 1 saturated carbocycles. The van der Waals surface area contributed by atoms with E-state index in [1.165, 1.54) is 0 Å². The minimum Gasteiger partial charge on any atom is -0.391 e. The van der Waals surface area contributed by atoms with Crippen molar-refractivity contribution in [1.82, 2.24) is 4.98 Å². The fourth-order valence-electron chi connectivity index (χ4n) is 2.43. The fourth-order valence-corrected chi connectivity index (χ4v) is 2.43. The molecule has 1 aromatic heterocycles. The van der Waals surface area contributed by atoms with Crippen LogP contribution in [-0.4, -0.2) is 29.3 Å². The molecule has 1 N–H and O–H groups in total. The van der Waals surface area contributed by atoms with Crippen LogP contribution < -0.4 is 4.90 Å². The summed E-state index contributed by atoms with van der Waals surface area (Å²) in [7, 11) is 1.97. The van der Waals surface area contributed by atoms with Crippen molar-refractivity contribution < 1.29 is 5.11 Å². The van der Waals surface area contributed by atoms with Crippen molar-refractivity contribution in [1.29, 1.82) is 5.26 Å². The van der Waals surface area contributed by atoms with Gasteiger partial charge in [-0.2, -0.15) is 5.26 Å². The summed E-state index contributed by atoms with van der Waals surface area (Å²) in [5, 5.41) is 18.8. The molecule has 0 aliphatic heterocycles. The molecule has 4 nitrogen and oxygen atoms in total. The lowest BCUT2D eigenvalue weighted by atomic mass is 9.91. The van der Waals surface area contributed by atoms with Gasteiger partial charge in [-0.15, -0.1) is 0 Å². The number of anilines is 1. The Labute approximate surface area is 102 Å². The molecular weight excluding hydrogens is 214 g/mol. The average Bonchev–Trinajstić information content (AvgIpc) is 2.38. The monoisotopic (exact) mass is 231 g/mol. The van der Waals surface area contributed by atoms with Gasteiger partial charge in [-0.25, -0.2) is 4.98 Å². The zero-order valence-electron chi connectivity index (χ0n) is 10.0. The maximum Gasteiger partial charge on any atom is 0.142 e. The molecule has 2 rings (SSSR count). The molecule has 0 amide bonds. The van der Waals surface area contributed by atoms with Crippen LogP contribution in [0.1, 0.15) is 31.4 Å². The molecule has 1 fully saturated rings. The van der Waals surface area contributed by atoms with E-state index in [0.29, 0.717) is 5.69 Å². The molecule has 2 atom stereocenters. The first-order chi connectivity index (χ1) is 8.22. The minimum atomic E-state index is -0.271. The van der Waals surface area contributed by atoms with Crippen molar-refractivity contribution in [3.05, 3.63) is 24.0 Å². The van der Waals surface area contributed by atoms with Crippen LogP contribution in [0.2, 0.25) is 0 Å². The molecule has 1 heterocycles. The second-order valence-electron chi connectivity index (χ2n) is 4.54. The normalized spacial score (nSPS) is 24.1. The number of pyridine rings is 1. The molecule has 0 spiro atoms. The number of hydrogen-bond donors (Lipinski definition) is 1. The molecule has 0 saturated heterocycles. The van der Waals surface area contributed by atoms with Gasteiger partial charge in [0.15, 0.2) is 0 Å². The van der Waals surface area contributed by atoms with Gasteiger partial charge in [0.05, 0.1) is 12.1 Å². The summed E-state index contributed by atoms with van der Waals surface area (Å²) in [6, 6.07) is 5.83. The van der Waals surface area contributed by atoms with Crippen molar-refractivity contribution in [3.8, 4) is 6.07 Å². The number of hydrogen-bond acceptors (Lipinski definition) is 4. The first kappa shape index (κ1) is 11.9. The van der Waals surface area contributed by atoms with E-state index in [-0.39, 0.29) is 12.1 Å². The molecule has 1 aliphatic carbocycles. The first-order valence-corrected chi connectivity index (χ1v) is 5.99. The van der Waals surface area contributed by atoms with E-state index in [2.05, 4.69) is 9.88 Å². The number of aliphatic hydroxyl groups is 1. The Balaban J connectivity index is 2.18. The molecule has 90 valence electrons. The second kappa shape index (κ2) is 5.15. The summed E-state index contributed by atoms with van der Waals surface area (Å²) >= 11 is 0. The number of likely N-dealkylation sites (N-methyl/N-ethyl adjacent to an activating group) is 1. The highest BCUT2D eigenvalue weighted by atomic mass is 16.3. The molecule has 4 heteroatoms. The van der Waals surface area contributed by atoms with Gasteiger partial charge < -0.3 is 10.0 Å². The third-order valence-corrected chi connectivity index (χ3v) is 3.46. The molecule has 1 aliphatic rings. The topological polar surface area (TPSA) is 60.2 Å². The lowest BCUT2D eigenvalue weighted by Gasteiger charge is -2.36. The third kappa shape index (κ3) is 2.56. The van der Waals surface area contributed by atoms with Gasteiger partial charge in [0, 0.05) is 18.9 Å². The van der Waals surface area contributed by atoms with Crippen LogP contribution in [0.15, 0.2) is 18.3 Å². The number of nitriles is 1. The van der Waals surface area contributed by atoms with E-state index in [9.17, 15) is 5.11 Å². The summed E-state index contributed by atoms with van der Waals surface area (Å²) in [6.45, 7) is 0. The summed E-state index contributed by atoms with van der Waals surface area (Å²) in [4.78, 5) is 6.02. The maximum absolute atomic E-state index is 10.0. The quantitative estimate of drug-likeness (QED) is 0.841. The van der Waals surface area contributed by atoms with Crippen LogP contribution in [0.25, 0.3) is 0 Å². The Morgan fingerprint density at radius 1 is 1.47 bits per heavy atom. The Morgan fingerprint density at radius 2 is 2.24 bits per heavy atom. The minimum absolute atomic E-state index is 0.151. The van der Waals surface area contributed by atoms with Crippen molar-refractivity contribution in [3.63, 3.8) is 0 Å². The van der Waals surface area contributed by atoms with E-state index in [1.807, 2.05) is 19.2 Å². The highest BCUT2D eigenvalue weighted by Crippen LogP contribution is 2.26. The molecule has 17 heavy (non-hydrogen) atoms. The zero-order chi connectivity index (χ0) is 12.3. The van der Waals surface area contributed by atoms with E-state index in [4.69, 9.17) is 5.26 Å². The summed E-state index contributed by atoms with van der Waals surface area (Å²) in [5.41, 5.74) is 1.36. The third-order valence-electron chi connectivity index (χ3n) is 3.46. The van der Waals surface area contributed by atoms with Gasteiger partial charge in [0.25, 0.3) is 0 Å². The fraction of sp³-hybridized carbons (Fsp3) is 0.538. The number of aliphatic hydroxyl groups excluding tert-OH is 1. The highest BCUT2D eigenvalue weighted by Gasteiger charge is 2.26. The molecule has 1 aromatic rings. The van der Waals surface area contributed by atoms with E-state index >= 15 is 0 Å². The molecule has 0 bridgehead atoms. The molecule has 0 aromatic carbocycles. The van der Waals surface area contributed by atoms with Crippen LogP contribution in [-0.2, 0) is 0 Å². The van der Waals surface area contributed by atoms with Crippen molar-refractivity contribution in [2.75, 3.05) is 11.9 Å². The Kier molecular flexibility index (Phi) is 3.60. The average molecular weight is 231 g/mol. The summed E-state index contributed by atoms with van der Waals surface area (Å²) < 4.78 is 0. The Morgan fingerprint density at radius 3 is 2.94 bits per heavy atom. The van der Waals surface area contributed by atoms with Crippen molar-refractivity contribution in [2.24, 2.45) is 0 Å². The second-order valence-corrected chi connectivity index (χ2v) is 4.54. The zero-order valence-corrected chi connectivity index (χ0v) is 10.0. The largest absolute Gasteiger partial charge is 0.391 e. The van der Waals surface area contributed by atoms with Gasteiger partial charge in [0.1, 0.15) is 11.8 Å². The maximum atomic E-state index is 10.0. The van der Waals surface area contributed by atoms with Gasteiger partial charge in [-0.1, -0.05) is 12.8 Å². The predicted octanol–water partition coefficient (Wildman–Crippen LogP) is 1.69. The van der Waals surface area contributed by atoms with Gasteiger partial charge in [0.2, 0.25) is 0 Å². The highest BCUT2D eigenvalue weighted by molar-refractivity contribution is 5.49. The standard InChI is InChI=1S/C13H17N3O/c1-16(12-4-2-3-5-13(12)17)11-6-7-15-10(8-11)9-14/h6-8,12-13,17H,2-5H2,1H3. The van der Waals surface area contributed by atoms with E-state index < -0.39 is 0 Å². The number of rotatable bonds is 2. The lowest BCUT2D eigenvalue weighted by Crippen LogP contribution is -2.43. The Hall–Kier alpha value is -1.60. The Bertz CT molecular complexity index is 427. The number of aromatic nitrogens is 1. The first-order valence-electron chi connectivity index (χ1n) is 5.99.